The van der Waals surface area contributed by atoms with Crippen molar-refractivity contribution in [2.75, 3.05) is 11.4 Å². The summed E-state index contributed by atoms with van der Waals surface area (Å²) < 4.78 is 0.842. The summed E-state index contributed by atoms with van der Waals surface area (Å²) in [4.78, 5) is 24.0. The highest BCUT2D eigenvalue weighted by molar-refractivity contribution is 9.10. The average molecular weight is 289 g/mol. The molecule has 1 fully saturated rings. The molecule has 5 heteroatoms. The molecule has 3 nitrogen and oxygen atoms in total. The van der Waals surface area contributed by atoms with Gasteiger partial charge in [0, 0.05) is 17.4 Å². The summed E-state index contributed by atoms with van der Waals surface area (Å²) in [5.41, 5.74) is 0.593. The number of halogens is 2. The van der Waals surface area contributed by atoms with E-state index in [1.807, 2.05) is 0 Å². The Bertz CT molecular complexity index is 447. The van der Waals surface area contributed by atoms with Gasteiger partial charge in [0.1, 0.15) is 0 Å². The molecule has 1 aliphatic rings. The number of carbonyl (C=O) groups is 2. The standard InChI is InChI=1S/C10H7BrClNO2/c11-6-1-2-8(7(12)5-6)13-4-3-9(14)10(13)15/h1-2,5H,3-4H2. The third-order valence-corrected chi connectivity index (χ3v) is 3.04. The van der Waals surface area contributed by atoms with Crippen LogP contribution >= 0.6 is 27.5 Å². The molecule has 1 amide bonds. The molecule has 0 atom stereocenters. The molecule has 0 aliphatic carbocycles. The zero-order valence-corrected chi connectivity index (χ0v) is 10.0. The normalized spacial score (nSPS) is 16.3. The quantitative estimate of drug-likeness (QED) is 0.744. The predicted octanol–water partition coefficient (Wildman–Crippen LogP) is 2.41. The van der Waals surface area contributed by atoms with Gasteiger partial charge >= 0.3 is 0 Å². The highest BCUT2D eigenvalue weighted by atomic mass is 79.9. The van der Waals surface area contributed by atoms with Gasteiger partial charge in [0.25, 0.3) is 5.91 Å². The second-order valence-electron chi connectivity index (χ2n) is 3.23. The lowest BCUT2D eigenvalue weighted by Gasteiger charge is -2.16. The summed E-state index contributed by atoms with van der Waals surface area (Å²) in [6.07, 6.45) is 0.269. The van der Waals surface area contributed by atoms with E-state index in [1.165, 1.54) is 4.90 Å². The summed E-state index contributed by atoms with van der Waals surface area (Å²) in [5, 5.41) is 0.465. The Morgan fingerprint density at radius 2 is 2.07 bits per heavy atom. The predicted molar refractivity (Wildman–Crippen MR) is 61.1 cm³/mol. The van der Waals surface area contributed by atoms with Crippen LogP contribution in [0.1, 0.15) is 6.42 Å². The summed E-state index contributed by atoms with van der Waals surface area (Å²) in [6.45, 7) is 0.416. The van der Waals surface area contributed by atoms with E-state index < -0.39 is 5.91 Å². The molecule has 0 spiro atoms. The zero-order valence-electron chi connectivity index (χ0n) is 7.67. The molecular formula is C10H7BrClNO2. The summed E-state index contributed by atoms with van der Waals surface area (Å²) in [5.74, 6) is -0.826. The van der Waals surface area contributed by atoms with E-state index in [-0.39, 0.29) is 12.2 Å². The first-order valence-electron chi connectivity index (χ1n) is 4.39. The van der Waals surface area contributed by atoms with Crippen molar-refractivity contribution in [1.29, 1.82) is 0 Å². The molecule has 1 aromatic carbocycles. The molecule has 0 radical (unpaired) electrons. The molecule has 1 aliphatic heterocycles. The van der Waals surface area contributed by atoms with Crippen LogP contribution in [-0.2, 0) is 9.59 Å². The molecule has 78 valence electrons. The first-order chi connectivity index (χ1) is 7.09. The van der Waals surface area contributed by atoms with E-state index >= 15 is 0 Å². The minimum Gasteiger partial charge on any atom is -0.304 e. The maximum Gasteiger partial charge on any atom is 0.294 e. The van der Waals surface area contributed by atoms with Crippen LogP contribution in [0.4, 0.5) is 5.69 Å². The van der Waals surface area contributed by atoms with Crippen molar-refractivity contribution >= 4 is 44.9 Å². The topological polar surface area (TPSA) is 37.4 Å². The summed E-state index contributed by atoms with van der Waals surface area (Å²) in [7, 11) is 0. The van der Waals surface area contributed by atoms with Gasteiger partial charge in [-0.1, -0.05) is 27.5 Å². The third kappa shape index (κ3) is 1.92. The largest absolute Gasteiger partial charge is 0.304 e. The lowest BCUT2D eigenvalue weighted by molar-refractivity contribution is -0.133. The van der Waals surface area contributed by atoms with Gasteiger partial charge in [0.15, 0.2) is 0 Å². The molecule has 15 heavy (non-hydrogen) atoms. The second kappa shape index (κ2) is 3.94. The van der Waals surface area contributed by atoms with Crippen LogP contribution in [0.5, 0.6) is 0 Å². The SMILES string of the molecule is O=C1CCN(c2ccc(Br)cc2Cl)C1=O. The molecule has 1 heterocycles. The number of Topliss-reactive ketones (excluding diaryl/α,β-unsaturated/α-hetero) is 1. The van der Waals surface area contributed by atoms with Gasteiger partial charge in [-0.3, -0.25) is 9.59 Å². The average Bonchev–Trinajstić information content (AvgIpc) is 2.49. The van der Waals surface area contributed by atoms with Crippen molar-refractivity contribution in [1.82, 2.24) is 0 Å². The highest BCUT2D eigenvalue weighted by Crippen LogP contribution is 2.30. The van der Waals surface area contributed by atoms with Crippen LogP contribution in [0.25, 0.3) is 0 Å². The van der Waals surface area contributed by atoms with Gasteiger partial charge in [0.05, 0.1) is 10.7 Å². The number of hydrogen-bond donors (Lipinski definition) is 0. The molecule has 1 saturated heterocycles. The van der Waals surface area contributed by atoms with Gasteiger partial charge in [-0.05, 0) is 18.2 Å². The lowest BCUT2D eigenvalue weighted by Crippen LogP contribution is -2.27. The van der Waals surface area contributed by atoms with Crippen LogP contribution < -0.4 is 4.90 Å². The minimum absolute atomic E-state index is 0.269. The van der Waals surface area contributed by atoms with E-state index in [1.54, 1.807) is 18.2 Å². The van der Waals surface area contributed by atoms with Crippen molar-refractivity contribution in [3.05, 3.63) is 27.7 Å². The Kier molecular flexibility index (Phi) is 2.80. The fourth-order valence-electron chi connectivity index (χ4n) is 1.50. The summed E-state index contributed by atoms with van der Waals surface area (Å²) >= 11 is 9.26. The van der Waals surface area contributed by atoms with Crippen LogP contribution in [0.2, 0.25) is 5.02 Å². The van der Waals surface area contributed by atoms with Gasteiger partial charge in [0.2, 0.25) is 5.78 Å². The molecule has 0 unspecified atom stereocenters. The fraction of sp³-hybridized carbons (Fsp3) is 0.200. The molecular weight excluding hydrogens is 281 g/mol. The number of rotatable bonds is 1. The molecule has 2 rings (SSSR count). The van der Waals surface area contributed by atoms with Crippen molar-refractivity contribution in [2.24, 2.45) is 0 Å². The number of carbonyl (C=O) groups excluding carboxylic acids is 2. The second-order valence-corrected chi connectivity index (χ2v) is 4.55. The maximum atomic E-state index is 11.4. The smallest absolute Gasteiger partial charge is 0.294 e. The van der Waals surface area contributed by atoms with Gasteiger partial charge < -0.3 is 4.90 Å². The van der Waals surface area contributed by atoms with Crippen LogP contribution in [0, 0.1) is 0 Å². The fourth-order valence-corrected chi connectivity index (χ4v) is 2.28. The Morgan fingerprint density at radius 1 is 1.33 bits per heavy atom. The van der Waals surface area contributed by atoms with Crippen molar-refractivity contribution in [2.45, 2.75) is 6.42 Å². The van der Waals surface area contributed by atoms with Crippen molar-refractivity contribution in [3.63, 3.8) is 0 Å². The highest BCUT2D eigenvalue weighted by Gasteiger charge is 2.31. The van der Waals surface area contributed by atoms with E-state index in [9.17, 15) is 9.59 Å². The first kappa shape index (κ1) is 10.6. The maximum absolute atomic E-state index is 11.4. The van der Waals surface area contributed by atoms with Crippen LogP contribution in [0.3, 0.4) is 0 Å². The number of anilines is 1. The van der Waals surface area contributed by atoms with E-state index in [0.29, 0.717) is 17.3 Å². The van der Waals surface area contributed by atoms with E-state index in [0.717, 1.165) is 4.47 Å². The third-order valence-electron chi connectivity index (χ3n) is 2.25. The molecule has 0 bridgehead atoms. The zero-order chi connectivity index (χ0) is 11.0. The Morgan fingerprint density at radius 3 is 2.60 bits per heavy atom. The molecule has 0 saturated carbocycles. The Hall–Kier alpha value is -0.870. The summed E-state index contributed by atoms with van der Waals surface area (Å²) in [6, 6.07) is 5.22. The van der Waals surface area contributed by atoms with Gasteiger partial charge in [-0.25, -0.2) is 0 Å². The van der Waals surface area contributed by atoms with Crippen molar-refractivity contribution < 1.29 is 9.59 Å². The van der Waals surface area contributed by atoms with E-state index in [4.69, 9.17) is 11.6 Å². The number of ketones is 1. The lowest BCUT2D eigenvalue weighted by atomic mass is 10.3. The van der Waals surface area contributed by atoms with Gasteiger partial charge in [-0.2, -0.15) is 0 Å². The Labute approximate surface area is 100 Å². The van der Waals surface area contributed by atoms with Gasteiger partial charge in [-0.15, -0.1) is 0 Å². The minimum atomic E-state index is -0.473. The molecule has 0 aromatic heterocycles. The van der Waals surface area contributed by atoms with E-state index in [2.05, 4.69) is 15.9 Å². The Balaban J connectivity index is 2.38. The number of benzene rings is 1. The number of nitrogens with zero attached hydrogens (tertiary/aromatic N) is 1. The van der Waals surface area contributed by atoms with Crippen molar-refractivity contribution in [3.8, 4) is 0 Å². The molecule has 0 N–H and O–H groups in total. The number of amides is 1. The van der Waals surface area contributed by atoms with Crippen LogP contribution in [-0.4, -0.2) is 18.2 Å². The number of hydrogen-bond acceptors (Lipinski definition) is 2. The monoisotopic (exact) mass is 287 g/mol. The first-order valence-corrected chi connectivity index (χ1v) is 5.56. The molecule has 1 aromatic rings. The van der Waals surface area contributed by atoms with Crippen LogP contribution in [0.15, 0.2) is 22.7 Å².